The standard InChI is InChI=1S/C16H31NS/c1-3-13-6-7-15(12-17-16-8-9-16)14(11-13)5-4-10-18-2/h13-17H,3-12H2,1-2H3. The zero-order valence-corrected chi connectivity index (χ0v) is 13.1. The number of thioether (sulfide) groups is 1. The minimum Gasteiger partial charge on any atom is -0.314 e. The van der Waals surface area contributed by atoms with Gasteiger partial charge in [0.05, 0.1) is 0 Å². The Labute approximate surface area is 118 Å². The number of hydrogen-bond acceptors (Lipinski definition) is 2. The Hall–Kier alpha value is 0.310. The highest BCUT2D eigenvalue weighted by Crippen LogP contribution is 2.38. The van der Waals surface area contributed by atoms with Crippen LogP contribution in [0.15, 0.2) is 0 Å². The van der Waals surface area contributed by atoms with Gasteiger partial charge < -0.3 is 5.32 Å². The molecule has 106 valence electrons. The van der Waals surface area contributed by atoms with E-state index < -0.39 is 0 Å². The third-order valence-electron chi connectivity index (χ3n) is 5.00. The summed E-state index contributed by atoms with van der Waals surface area (Å²) in [5.41, 5.74) is 0. The maximum absolute atomic E-state index is 3.77. The van der Waals surface area contributed by atoms with Crippen LogP contribution in [0.3, 0.4) is 0 Å². The Kier molecular flexibility index (Phi) is 6.37. The van der Waals surface area contributed by atoms with Crippen molar-refractivity contribution in [1.29, 1.82) is 0 Å². The highest BCUT2D eigenvalue weighted by Gasteiger charge is 2.30. The van der Waals surface area contributed by atoms with Gasteiger partial charge in [-0.1, -0.05) is 19.8 Å². The van der Waals surface area contributed by atoms with Crippen molar-refractivity contribution in [3.63, 3.8) is 0 Å². The summed E-state index contributed by atoms with van der Waals surface area (Å²) in [6.07, 6.45) is 13.9. The van der Waals surface area contributed by atoms with Crippen molar-refractivity contribution in [2.24, 2.45) is 17.8 Å². The van der Waals surface area contributed by atoms with Crippen LogP contribution in [0.4, 0.5) is 0 Å². The fraction of sp³-hybridized carbons (Fsp3) is 1.00. The van der Waals surface area contributed by atoms with Gasteiger partial charge in [-0.2, -0.15) is 11.8 Å². The van der Waals surface area contributed by atoms with Gasteiger partial charge in [0.1, 0.15) is 0 Å². The zero-order chi connectivity index (χ0) is 12.8. The summed E-state index contributed by atoms with van der Waals surface area (Å²) in [5, 5.41) is 3.77. The monoisotopic (exact) mass is 269 g/mol. The van der Waals surface area contributed by atoms with Crippen LogP contribution in [0.2, 0.25) is 0 Å². The van der Waals surface area contributed by atoms with Crippen LogP contribution in [0, 0.1) is 17.8 Å². The molecule has 0 heterocycles. The van der Waals surface area contributed by atoms with E-state index in [1.54, 1.807) is 0 Å². The van der Waals surface area contributed by atoms with Crippen LogP contribution in [0.1, 0.15) is 58.3 Å². The average molecular weight is 269 g/mol. The van der Waals surface area contributed by atoms with Crippen LogP contribution in [0.5, 0.6) is 0 Å². The van der Waals surface area contributed by atoms with Crippen molar-refractivity contribution in [1.82, 2.24) is 5.32 Å². The molecule has 2 aliphatic carbocycles. The minimum atomic E-state index is 0.890. The quantitative estimate of drug-likeness (QED) is 0.658. The molecule has 0 amide bonds. The molecule has 0 radical (unpaired) electrons. The van der Waals surface area contributed by atoms with E-state index >= 15 is 0 Å². The first-order chi connectivity index (χ1) is 8.83. The lowest BCUT2D eigenvalue weighted by atomic mass is 9.71. The van der Waals surface area contributed by atoms with E-state index in [0.717, 1.165) is 23.8 Å². The molecular weight excluding hydrogens is 238 g/mol. The van der Waals surface area contributed by atoms with Crippen LogP contribution >= 0.6 is 11.8 Å². The van der Waals surface area contributed by atoms with Crippen molar-refractivity contribution in [2.75, 3.05) is 18.6 Å². The maximum atomic E-state index is 3.77. The summed E-state index contributed by atoms with van der Waals surface area (Å²) in [7, 11) is 0. The first kappa shape index (κ1) is 14.7. The summed E-state index contributed by atoms with van der Waals surface area (Å²) in [6.45, 7) is 3.69. The smallest absolute Gasteiger partial charge is 0.00683 e. The van der Waals surface area contributed by atoms with Gasteiger partial charge in [0.15, 0.2) is 0 Å². The highest BCUT2D eigenvalue weighted by atomic mass is 32.2. The molecule has 2 fully saturated rings. The fourth-order valence-electron chi connectivity index (χ4n) is 3.51. The first-order valence-electron chi connectivity index (χ1n) is 8.05. The third-order valence-corrected chi connectivity index (χ3v) is 5.69. The Morgan fingerprint density at radius 3 is 2.61 bits per heavy atom. The second kappa shape index (κ2) is 7.79. The molecule has 0 aromatic carbocycles. The van der Waals surface area contributed by atoms with Gasteiger partial charge in [-0.25, -0.2) is 0 Å². The van der Waals surface area contributed by atoms with E-state index in [9.17, 15) is 0 Å². The summed E-state index contributed by atoms with van der Waals surface area (Å²) in [5.74, 6) is 4.38. The fourth-order valence-corrected chi connectivity index (χ4v) is 3.97. The minimum absolute atomic E-state index is 0.890. The normalized spacial score (nSPS) is 32.7. The second-order valence-electron chi connectivity index (χ2n) is 6.43. The average Bonchev–Trinajstić information content (AvgIpc) is 3.21. The summed E-state index contributed by atoms with van der Waals surface area (Å²) in [4.78, 5) is 0. The van der Waals surface area contributed by atoms with E-state index in [1.165, 1.54) is 63.7 Å². The van der Waals surface area contributed by atoms with Gasteiger partial charge in [-0.05, 0) is 74.8 Å². The molecule has 2 heteroatoms. The van der Waals surface area contributed by atoms with Gasteiger partial charge in [0, 0.05) is 6.04 Å². The van der Waals surface area contributed by atoms with Crippen molar-refractivity contribution in [3.05, 3.63) is 0 Å². The van der Waals surface area contributed by atoms with E-state index in [-0.39, 0.29) is 0 Å². The number of rotatable bonds is 8. The van der Waals surface area contributed by atoms with Crippen molar-refractivity contribution < 1.29 is 0 Å². The Balaban J connectivity index is 1.75. The molecule has 0 aromatic heterocycles. The Bertz CT molecular complexity index is 227. The second-order valence-corrected chi connectivity index (χ2v) is 7.41. The van der Waals surface area contributed by atoms with Crippen molar-refractivity contribution >= 4 is 11.8 Å². The SMILES string of the molecule is CCC1CCC(CNC2CC2)C(CCCSC)C1. The molecule has 0 bridgehead atoms. The maximum Gasteiger partial charge on any atom is 0.00683 e. The summed E-state index contributed by atoms with van der Waals surface area (Å²) in [6, 6.07) is 0.890. The molecular formula is C16H31NS. The molecule has 2 saturated carbocycles. The van der Waals surface area contributed by atoms with Gasteiger partial charge >= 0.3 is 0 Å². The molecule has 3 unspecified atom stereocenters. The molecule has 3 atom stereocenters. The van der Waals surface area contributed by atoms with E-state index in [1.807, 2.05) is 11.8 Å². The molecule has 0 saturated heterocycles. The van der Waals surface area contributed by atoms with E-state index in [0.29, 0.717) is 0 Å². The molecule has 0 aliphatic heterocycles. The van der Waals surface area contributed by atoms with Crippen LogP contribution in [-0.2, 0) is 0 Å². The lowest BCUT2D eigenvalue weighted by Crippen LogP contribution is -2.34. The van der Waals surface area contributed by atoms with Crippen molar-refractivity contribution in [2.45, 2.75) is 64.3 Å². The molecule has 2 rings (SSSR count). The van der Waals surface area contributed by atoms with Gasteiger partial charge in [-0.15, -0.1) is 0 Å². The predicted molar refractivity (Wildman–Crippen MR) is 83.3 cm³/mol. The Morgan fingerprint density at radius 1 is 1.11 bits per heavy atom. The molecule has 0 spiro atoms. The molecule has 2 aliphatic rings. The van der Waals surface area contributed by atoms with Gasteiger partial charge in [0.2, 0.25) is 0 Å². The van der Waals surface area contributed by atoms with Gasteiger partial charge in [-0.3, -0.25) is 0 Å². The summed E-state index contributed by atoms with van der Waals surface area (Å²) < 4.78 is 0. The third kappa shape index (κ3) is 4.77. The lowest BCUT2D eigenvalue weighted by molar-refractivity contribution is 0.162. The van der Waals surface area contributed by atoms with Crippen LogP contribution < -0.4 is 5.32 Å². The lowest BCUT2D eigenvalue weighted by Gasteiger charge is -2.36. The number of hydrogen-bond donors (Lipinski definition) is 1. The molecule has 1 N–H and O–H groups in total. The largest absolute Gasteiger partial charge is 0.314 e. The highest BCUT2D eigenvalue weighted by molar-refractivity contribution is 7.98. The summed E-state index contributed by atoms with van der Waals surface area (Å²) >= 11 is 2.01. The van der Waals surface area contributed by atoms with E-state index in [2.05, 4.69) is 18.5 Å². The zero-order valence-electron chi connectivity index (χ0n) is 12.3. The predicted octanol–water partition coefficient (Wildman–Crippen LogP) is 4.32. The Morgan fingerprint density at radius 2 is 1.94 bits per heavy atom. The van der Waals surface area contributed by atoms with E-state index in [4.69, 9.17) is 0 Å². The van der Waals surface area contributed by atoms with Crippen LogP contribution in [0.25, 0.3) is 0 Å². The molecule has 1 nitrogen and oxygen atoms in total. The topological polar surface area (TPSA) is 12.0 Å². The number of nitrogens with one attached hydrogen (secondary N) is 1. The molecule has 18 heavy (non-hydrogen) atoms. The van der Waals surface area contributed by atoms with Gasteiger partial charge in [0.25, 0.3) is 0 Å². The van der Waals surface area contributed by atoms with Crippen molar-refractivity contribution in [3.8, 4) is 0 Å². The first-order valence-corrected chi connectivity index (χ1v) is 9.45. The van der Waals surface area contributed by atoms with Crippen LogP contribution in [-0.4, -0.2) is 24.6 Å². The molecule has 0 aromatic rings.